The number of nitrogens with zero attached hydrogens (tertiary/aromatic N) is 4. The molecule has 2 aliphatic rings. The summed E-state index contributed by atoms with van der Waals surface area (Å²) in [5.41, 5.74) is 0.961. The van der Waals surface area contributed by atoms with Gasteiger partial charge in [0.05, 0.1) is 13.1 Å². The lowest BCUT2D eigenvalue weighted by Crippen LogP contribution is -2.76. The highest BCUT2D eigenvalue weighted by atomic mass is 16.5. The van der Waals surface area contributed by atoms with E-state index < -0.39 is 18.3 Å². The van der Waals surface area contributed by atoms with E-state index in [1.165, 1.54) is 6.08 Å². The molecule has 1 aromatic rings. The van der Waals surface area contributed by atoms with Gasteiger partial charge in [0.25, 0.3) is 0 Å². The second-order valence-corrected chi connectivity index (χ2v) is 10.0. The summed E-state index contributed by atoms with van der Waals surface area (Å²) >= 11 is 0. The van der Waals surface area contributed by atoms with Gasteiger partial charge in [-0.3, -0.25) is 9.59 Å². The van der Waals surface area contributed by atoms with E-state index in [2.05, 4.69) is 31.1 Å². The Kier molecular flexibility index (Phi) is 10.5. The molecule has 208 valence electrons. The molecule has 0 spiro atoms. The summed E-state index contributed by atoms with van der Waals surface area (Å²) in [7, 11) is 1.71. The number of benzene rings is 1. The Morgan fingerprint density at radius 3 is 2.61 bits per heavy atom. The number of urea groups is 1. The van der Waals surface area contributed by atoms with Crippen LogP contribution in [0.5, 0.6) is 0 Å². The number of ether oxygens (including phenoxy) is 1. The van der Waals surface area contributed by atoms with Gasteiger partial charge in [0, 0.05) is 26.7 Å². The first kappa shape index (κ1) is 29.0. The van der Waals surface area contributed by atoms with Crippen molar-refractivity contribution in [3.05, 3.63) is 48.6 Å². The maximum atomic E-state index is 13.6. The average molecular weight is 529 g/mol. The van der Waals surface area contributed by atoms with Gasteiger partial charge in [-0.15, -0.1) is 0 Å². The van der Waals surface area contributed by atoms with Crippen molar-refractivity contribution in [2.75, 3.05) is 39.8 Å². The van der Waals surface area contributed by atoms with Crippen LogP contribution in [0.2, 0.25) is 0 Å². The molecule has 2 N–H and O–H groups in total. The summed E-state index contributed by atoms with van der Waals surface area (Å²) in [6, 6.07) is 8.54. The Morgan fingerprint density at radius 1 is 1.18 bits per heavy atom. The van der Waals surface area contributed by atoms with Crippen LogP contribution in [0.15, 0.2) is 43.0 Å². The van der Waals surface area contributed by atoms with Crippen LogP contribution in [0.3, 0.4) is 0 Å². The minimum absolute atomic E-state index is 0.0167. The summed E-state index contributed by atoms with van der Waals surface area (Å²) in [6.07, 6.45) is 1.92. The highest BCUT2D eigenvalue weighted by Gasteiger charge is 2.50. The summed E-state index contributed by atoms with van der Waals surface area (Å²) in [4.78, 5) is 55.2. The fourth-order valence-corrected chi connectivity index (χ4v) is 4.72. The van der Waals surface area contributed by atoms with Crippen molar-refractivity contribution in [1.82, 2.24) is 30.5 Å². The molecular formula is C27H40N6O5. The Balaban J connectivity index is 1.76. The van der Waals surface area contributed by atoms with Crippen molar-refractivity contribution in [3.63, 3.8) is 0 Å². The van der Waals surface area contributed by atoms with E-state index in [0.717, 1.165) is 12.0 Å². The van der Waals surface area contributed by atoms with Gasteiger partial charge in [0.15, 0.2) is 0 Å². The van der Waals surface area contributed by atoms with Crippen LogP contribution >= 0.6 is 0 Å². The van der Waals surface area contributed by atoms with E-state index in [1.54, 1.807) is 26.9 Å². The fraction of sp³-hybridized carbons (Fsp3) is 0.556. The van der Waals surface area contributed by atoms with Gasteiger partial charge < -0.3 is 25.2 Å². The number of hydrogen-bond acceptors (Lipinski definition) is 6. The van der Waals surface area contributed by atoms with Gasteiger partial charge in [-0.2, -0.15) is 0 Å². The predicted octanol–water partition coefficient (Wildman–Crippen LogP) is 2.16. The Bertz CT molecular complexity index is 987. The molecular weight excluding hydrogens is 488 g/mol. The van der Waals surface area contributed by atoms with E-state index in [-0.39, 0.29) is 37.5 Å². The van der Waals surface area contributed by atoms with Crippen LogP contribution in [0.1, 0.15) is 38.7 Å². The number of amides is 5. The van der Waals surface area contributed by atoms with E-state index in [4.69, 9.17) is 4.74 Å². The number of fused-ring (bicyclic) bond motifs is 1. The number of hydrogen-bond donors (Lipinski definition) is 2. The summed E-state index contributed by atoms with van der Waals surface area (Å²) in [6.45, 7) is 9.20. The maximum absolute atomic E-state index is 13.6. The van der Waals surface area contributed by atoms with Crippen LogP contribution < -0.4 is 10.6 Å². The first-order valence-electron chi connectivity index (χ1n) is 13.2. The van der Waals surface area contributed by atoms with Gasteiger partial charge in [0.1, 0.15) is 18.8 Å². The quantitative estimate of drug-likeness (QED) is 0.336. The van der Waals surface area contributed by atoms with Crippen LogP contribution in [0.25, 0.3) is 0 Å². The van der Waals surface area contributed by atoms with Gasteiger partial charge in [-0.05, 0) is 30.7 Å². The second kappa shape index (κ2) is 13.8. The molecule has 2 atom stereocenters. The van der Waals surface area contributed by atoms with E-state index in [0.29, 0.717) is 38.4 Å². The molecule has 38 heavy (non-hydrogen) atoms. The normalized spacial score (nSPS) is 19.8. The summed E-state index contributed by atoms with van der Waals surface area (Å²) in [5, 5.41) is 8.78. The summed E-state index contributed by atoms with van der Waals surface area (Å²) in [5.74, 6) is 0.0643. The Morgan fingerprint density at radius 2 is 1.92 bits per heavy atom. The van der Waals surface area contributed by atoms with Crippen LogP contribution in [0, 0.1) is 5.92 Å². The molecule has 0 saturated carbocycles. The largest absolute Gasteiger partial charge is 0.445 e. The second-order valence-electron chi connectivity index (χ2n) is 10.0. The van der Waals surface area contributed by atoms with Crippen LogP contribution in [-0.4, -0.2) is 95.8 Å². The number of nitrogens with one attached hydrogen (secondary N) is 2. The highest BCUT2D eigenvalue weighted by molar-refractivity contribution is 5.91. The van der Waals surface area contributed by atoms with E-state index in [9.17, 15) is 19.2 Å². The number of piperazine rings is 1. The molecule has 0 bridgehead atoms. The molecule has 2 heterocycles. The topological polar surface area (TPSA) is 115 Å². The van der Waals surface area contributed by atoms with Gasteiger partial charge in [-0.1, -0.05) is 56.8 Å². The molecule has 5 amide bonds. The molecule has 0 aliphatic carbocycles. The number of hydrazine groups is 1. The number of likely N-dealkylation sites (N-methyl/N-ethyl adjacent to an activating group) is 1. The van der Waals surface area contributed by atoms with Crippen molar-refractivity contribution in [2.45, 2.75) is 51.9 Å². The van der Waals surface area contributed by atoms with Crippen molar-refractivity contribution < 1.29 is 23.9 Å². The number of alkyl carbamates (subject to hydrolysis) is 1. The standard InChI is InChI=1S/C27H40N6O5/c1-5-16-38-27(37)28-14-9-12-22-25(35)31(15-13-20(2)3)18-23-32(22)24(34)19-30(4)33(23)26(36)29-17-21-10-7-6-8-11-21/h5-8,10-11,20,22-23H,1,9,12-19H2,2-4H3,(H,28,37)(H,29,36)/t22-,23?/m0/s1. The Labute approximate surface area is 224 Å². The molecule has 0 aromatic heterocycles. The van der Waals surface area contributed by atoms with Crippen molar-refractivity contribution in [1.29, 1.82) is 0 Å². The first-order valence-corrected chi connectivity index (χ1v) is 13.2. The monoisotopic (exact) mass is 528 g/mol. The molecule has 1 aromatic carbocycles. The number of carbonyl (C=O) groups is 4. The molecule has 2 aliphatic heterocycles. The fourth-order valence-electron chi connectivity index (χ4n) is 4.72. The molecule has 2 saturated heterocycles. The Hall–Kier alpha value is -3.60. The molecule has 0 radical (unpaired) electrons. The first-order chi connectivity index (χ1) is 18.2. The minimum Gasteiger partial charge on any atom is -0.445 e. The van der Waals surface area contributed by atoms with Gasteiger partial charge in [-0.25, -0.2) is 19.6 Å². The highest BCUT2D eigenvalue weighted by Crippen LogP contribution is 2.28. The lowest BCUT2D eigenvalue weighted by Gasteiger charge is -2.54. The third-order valence-corrected chi connectivity index (χ3v) is 6.67. The molecule has 3 rings (SSSR count). The van der Waals surface area contributed by atoms with E-state index in [1.807, 2.05) is 30.3 Å². The predicted molar refractivity (Wildman–Crippen MR) is 142 cm³/mol. The third kappa shape index (κ3) is 7.47. The van der Waals surface area contributed by atoms with Crippen molar-refractivity contribution >= 4 is 23.9 Å². The summed E-state index contributed by atoms with van der Waals surface area (Å²) < 4.78 is 4.92. The lowest BCUT2D eigenvalue weighted by molar-refractivity contribution is -0.187. The van der Waals surface area contributed by atoms with Gasteiger partial charge >= 0.3 is 12.1 Å². The van der Waals surface area contributed by atoms with Crippen molar-refractivity contribution in [2.24, 2.45) is 5.92 Å². The molecule has 11 heteroatoms. The van der Waals surface area contributed by atoms with Crippen LogP contribution in [-0.2, 0) is 20.9 Å². The maximum Gasteiger partial charge on any atom is 0.407 e. The number of carbonyl (C=O) groups excluding carboxylic acids is 4. The van der Waals surface area contributed by atoms with Crippen LogP contribution in [0.4, 0.5) is 9.59 Å². The third-order valence-electron chi connectivity index (χ3n) is 6.67. The molecule has 1 unspecified atom stereocenters. The average Bonchev–Trinajstić information content (AvgIpc) is 2.89. The van der Waals surface area contributed by atoms with Gasteiger partial charge in [0.2, 0.25) is 11.8 Å². The van der Waals surface area contributed by atoms with Crippen molar-refractivity contribution in [3.8, 4) is 0 Å². The zero-order valence-corrected chi connectivity index (χ0v) is 22.6. The lowest BCUT2D eigenvalue weighted by atomic mass is 10.0. The smallest absolute Gasteiger partial charge is 0.407 e. The number of rotatable bonds is 11. The SMILES string of the molecule is C=CCOC(=O)NCCC[C@H]1C(=O)N(CCC(C)C)CC2N1C(=O)CN(C)N2C(=O)NCc1ccccc1. The zero-order chi connectivity index (χ0) is 27.7. The molecule has 2 fully saturated rings. The molecule has 11 nitrogen and oxygen atoms in total. The zero-order valence-electron chi connectivity index (χ0n) is 22.6. The minimum atomic E-state index is -0.725. The van der Waals surface area contributed by atoms with E-state index >= 15 is 0 Å².